The number of benzene rings is 1. The van der Waals surface area contributed by atoms with E-state index in [9.17, 15) is 13.2 Å². The SMILES string of the molecule is C[C@@H](C(=O)NCc1ccccc1)S(=O)(=O)c1nnc(C2CC2)n1C. The van der Waals surface area contributed by atoms with Crippen molar-refractivity contribution in [2.24, 2.45) is 7.05 Å². The Balaban J connectivity index is 1.72. The first-order chi connectivity index (χ1) is 11.4. The molecule has 1 amide bonds. The molecule has 0 saturated heterocycles. The van der Waals surface area contributed by atoms with Crippen LogP contribution in [0.15, 0.2) is 35.5 Å². The molecule has 0 aliphatic heterocycles. The first-order valence-corrected chi connectivity index (χ1v) is 9.40. The molecule has 0 radical (unpaired) electrons. The number of carbonyl (C=O) groups is 1. The van der Waals surface area contributed by atoms with E-state index >= 15 is 0 Å². The van der Waals surface area contributed by atoms with E-state index in [1.165, 1.54) is 11.5 Å². The van der Waals surface area contributed by atoms with E-state index in [1.807, 2.05) is 30.3 Å². The first kappa shape index (κ1) is 16.6. The molecule has 1 aromatic carbocycles. The number of hydrogen-bond acceptors (Lipinski definition) is 5. The van der Waals surface area contributed by atoms with Crippen LogP contribution in [-0.4, -0.2) is 34.3 Å². The molecule has 2 aromatic rings. The number of rotatable bonds is 6. The summed E-state index contributed by atoms with van der Waals surface area (Å²) in [5.74, 6) is 0.411. The lowest BCUT2D eigenvalue weighted by Crippen LogP contribution is -2.38. The van der Waals surface area contributed by atoms with Crippen LogP contribution in [0, 0.1) is 0 Å². The van der Waals surface area contributed by atoms with Crippen molar-refractivity contribution in [2.45, 2.75) is 42.6 Å². The lowest BCUT2D eigenvalue weighted by atomic mass is 10.2. The number of sulfone groups is 1. The van der Waals surface area contributed by atoms with Crippen molar-refractivity contribution in [1.29, 1.82) is 0 Å². The zero-order valence-corrected chi connectivity index (χ0v) is 14.5. The Bertz CT molecular complexity index is 841. The highest BCUT2D eigenvalue weighted by atomic mass is 32.2. The van der Waals surface area contributed by atoms with Gasteiger partial charge in [0.05, 0.1) is 0 Å². The third kappa shape index (κ3) is 3.19. The standard InChI is InChI=1S/C16H20N4O3S/c1-11(15(21)17-10-12-6-4-3-5-7-12)24(22,23)16-19-18-14(20(16)2)13-8-9-13/h3-7,11,13H,8-10H2,1-2H3,(H,17,21)/t11-/m0/s1. The van der Waals surface area contributed by atoms with Crippen LogP contribution in [0.5, 0.6) is 0 Å². The van der Waals surface area contributed by atoms with E-state index in [2.05, 4.69) is 15.5 Å². The van der Waals surface area contributed by atoms with E-state index in [-0.39, 0.29) is 17.6 Å². The Morgan fingerprint density at radius 1 is 1.29 bits per heavy atom. The van der Waals surface area contributed by atoms with Crippen molar-refractivity contribution in [3.63, 3.8) is 0 Å². The Morgan fingerprint density at radius 3 is 2.58 bits per heavy atom. The van der Waals surface area contributed by atoms with Crippen LogP contribution in [-0.2, 0) is 28.2 Å². The summed E-state index contributed by atoms with van der Waals surface area (Å²) in [5.41, 5.74) is 0.908. The minimum Gasteiger partial charge on any atom is -0.351 e. The average molecular weight is 348 g/mol. The highest BCUT2D eigenvalue weighted by Gasteiger charge is 2.37. The van der Waals surface area contributed by atoms with Crippen molar-refractivity contribution in [3.8, 4) is 0 Å². The Morgan fingerprint density at radius 2 is 1.96 bits per heavy atom. The molecule has 1 aliphatic rings. The summed E-state index contributed by atoms with van der Waals surface area (Å²) in [4.78, 5) is 12.3. The molecule has 0 unspecified atom stereocenters. The summed E-state index contributed by atoms with van der Waals surface area (Å²) in [5, 5.41) is 9.08. The van der Waals surface area contributed by atoms with Gasteiger partial charge in [-0.3, -0.25) is 4.79 Å². The normalized spacial score (nSPS) is 15.9. The molecule has 7 nitrogen and oxygen atoms in total. The van der Waals surface area contributed by atoms with Gasteiger partial charge in [0.15, 0.2) is 0 Å². The molecule has 0 bridgehead atoms. The molecule has 1 aliphatic carbocycles. The number of nitrogens with zero attached hydrogens (tertiary/aromatic N) is 3. The molecule has 1 N–H and O–H groups in total. The van der Waals surface area contributed by atoms with E-state index in [0.29, 0.717) is 5.82 Å². The van der Waals surface area contributed by atoms with Crippen LogP contribution in [0.2, 0.25) is 0 Å². The highest BCUT2D eigenvalue weighted by Crippen LogP contribution is 2.39. The lowest BCUT2D eigenvalue weighted by Gasteiger charge is -2.13. The van der Waals surface area contributed by atoms with Crippen LogP contribution in [0.1, 0.15) is 37.1 Å². The second-order valence-corrected chi connectivity index (χ2v) is 8.23. The predicted octanol–water partition coefficient (Wildman–Crippen LogP) is 1.17. The van der Waals surface area contributed by atoms with Gasteiger partial charge < -0.3 is 9.88 Å². The molecule has 128 valence electrons. The van der Waals surface area contributed by atoms with Crippen molar-refractivity contribution < 1.29 is 13.2 Å². The summed E-state index contributed by atoms with van der Waals surface area (Å²) in [6.07, 6.45) is 2.00. The van der Waals surface area contributed by atoms with Gasteiger partial charge in [-0.1, -0.05) is 30.3 Å². The van der Waals surface area contributed by atoms with Gasteiger partial charge in [0.2, 0.25) is 20.9 Å². The second kappa shape index (κ2) is 6.35. The Hall–Kier alpha value is -2.22. The van der Waals surface area contributed by atoms with Crippen LogP contribution < -0.4 is 5.32 Å². The van der Waals surface area contributed by atoms with Gasteiger partial charge in [-0.25, -0.2) is 8.42 Å². The van der Waals surface area contributed by atoms with Gasteiger partial charge in [0, 0.05) is 19.5 Å². The number of aromatic nitrogens is 3. The van der Waals surface area contributed by atoms with Gasteiger partial charge in [0.1, 0.15) is 11.1 Å². The largest absolute Gasteiger partial charge is 0.351 e. The maximum Gasteiger partial charge on any atom is 0.250 e. The third-order valence-electron chi connectivity index (χ3n) is 4.21. The molecule has 3 rings (SSSR count). The van der Waals surface area contributed by atoms with Gasteiger partial charge in [0.25, 0.3) is 0 Å². The molecule has 1 saturated carbocycles. The quantitative estimate of drug-likeness (QED) is 0.846. The fourth-order valence-corrected chi connectivity index (χ4v) is 3.81. The van der Waals surface area contributed by atoms with Gasteiger partial charge in [-0.2, -0.15) is 0 Å². The van der Waals surface area contributed by atoms with Crippen molar-refractivity contribution in [2.75, 3.05) is 0 Å². The summed E-state index contributed by atoms with van der Waals surface area (Å²) in [6, 6.07) is 9.33. The molecular weight excluding hydrogens is 328 g/mol. The summed E-state index contributed by atoms with van der Waals surface area (Å²) >= 11 is 0. The van der Waals surface area contributed by atoms with E-state index in [0.717, 1.165) is 18.4 Å². The summed E-state index contributed by atoms with van der Waals surface area (Å²) in [6.45, 7) is 1.66. The van der Waals surface area contributed by atoms with Gasteiger partial charge >= 0.3 is 0 Å². The minimum atomic E-state index is -3.88. The second-order valence-electron chi connectivity index (χ2n) is 6.06. The fraction of sp³-hybridized carbons (Fsp3) is 0.438. The zero-order valence-electron chi connectivity index (χ0n) is 13.6. The summed E-state index contributed by atoms with van der Waals surface area (Å²) < 4.78 is 26.8. The number of amides is 1. The monoisotopic (exact) mass is 348 g/mol. The Kier molecular flexibility index (Phi) is 4.40. The maximum absolute atomic E-state index is 12.7. The van der Waals surface area contributed by atoms with E-state index < -0.39 is 21.0 Å². The molecule has 1 aromatic heterocycles. The Labute approximate surface area is 141 Å². The molecule has 1 fully saturated rings. The van der Waals surface area contributed by atoms with Crippen LogP contribution >= 0.6 is 0 Å². The van der Waals surface area contributed by atoms with Crippen molar-refractivity contribution >= 4 is 15.7 Å². The van der Waals surface area contributed by atoms with Gasteiger partial charge in [-0.05, 0) is 25.3 Å². The maximum atomic E-state index is 12.7. The smallest absolute Gasteiger partial charge is 0.250 e. The van der Waals surface area contributed by atoms with Crippen molar-refractivity contribution in [1.82, 2.24) is 20.1 Å². The number of nitrogens with one attached hydrogen (secondary N) is 1. The molecular formula is C16H20N4O3S. The first-order valence-electron chi connectivity index (χ1n) is 7.86. The number of carbonyl (C=O) groups excluding carboxylic acids is 1. The fourth-order valence-electron chi connectivity index (χ4n) is 2.50. The van der Waals surface area contributed by atoms with Crippen LogP contribution in [0.25, 0.3) is 0 Å². The highest BCUT2D eigenvalue weighted by molar-refractivity contribution is 7.92. The van der Waals surface area contributed by atoms with Gasteiger partial charge in [-0.15, -0.1) is 10.2 Å². The van der Waals surface area contributed by atoms with E-state index in [1.54, 1.807) is 7.05 Å². The molecule has 1 atom stereocenters. The molecule has 1 heterocycles. The van der Waals surface area contributed by atoms with E-state index in [4.69, 9.17) is 0 Å². The lowest BCUT2D eigenvalue weighted by molar-refractivity contribution is -0.120. The molecule has 24 heavy (non-hydrogen) atoms. The zero-order chi connectivity index (χ0) is 17.3. The van der Waals surface area contributed by atoms with Crippen LogP contribution in [0.4, 0.5) is 0 Å². The van der Waals surface area contributed by atoms with Crippen molar-refractivity contribution in [3.05, 3.63) is 41.7 Å². The molecule has 0 spiro atoms. The molecule has 8 heteroatoms. The number of hydrogen-bond donors (Lipinski definition) is 1. The van der Waals surface area contributed by atoms with Crippen LogP contribution in [0.3, 0.4) is 0 Å². The minimum absolute atomic E-state index is 0.147. The summed E-state index contributed by atoms with van der Waals surface area (Å²) in [7, 11) is -2.25. The topological polar surface area (TPSA) is 93.9 Å². The predicted molar refractivity (Wildman–Crippen MR) is 87.9 cm³/mol. The average Bonchev–Trinajstić information content (AvgIpc) is 3.34. The third-order valence-corrected chi connectivity index (χ3v) is 6.22.